The van der Waals surface area contributed by atoms with Crippen LogP contribution >= 0.6 is 11.8 Å². The first-order valence-electron chi connectivity index (χ1n) is 11.1. The fraction of sp³-hybridized carbons (Fsp3) is 0.636. The maximum atomic E-state index is 14.6. The largest absolute Gasteiger partial charge is 0.522 e. The van der Waals surface area contributed by atoms with Gasteiger partial charge in [-0.15, -0.1) is 13.2 Å². The van der Waals surface area contributed by atoms with Gasteiger partial charge in [-0.1, -0.05) is 0 Å². The highest BCUT2D eigenvalue weighted by Crippen LogP contribution is 2.34. The van der Waals surface area contributed by atoms with E-state index in [4.69, 9.17) is 9.47 Å². The first-order valence-corrected chi connectivity index (χ1v) is 12.1. The molecule has 2 fully saturated rings. The van der Waals surface area contributed by atoms with Crippen molar-refractivity contribution in [1.29, 1.82) is 0 Å². The van der Waals surface area contributed by atoms with Crippen LogP contribution in [0.5, 0.6) is 5.75 Å². The average molecular weight is 491 g/mol. The summed E-state index contributed by atoms with van der Waals surface area (Å²) in [5.41, 5.74) is -0.343. The summed E-state index contributed by atoms with van der Waals surface area (Å²) in [5.74, 6) is 0.743. The number of ether oxygens (including phenoxy) is 3. The summed E-state index contributed by atoms with van der Waals surface area (Å²) in [6.07, 6.45) is -1.80. The Bertz CT molecular complexity index is 1000. The van der Waals surface area contributed by atoms with Crippen LogP contribution in [-0.4, -0.2) is 47.5 Å². The summed E-state index contributed by atoms with van der Waals surface area (Å²) in [6.45, 7) is 1.82. The number of nitrogens with zero attached hydrogens (tertiary/aromatic N) is 1. The van der Waals surface area contributed by atoms with Gasteiger partial charge in [0.15, 0.2) is 0 Å². The van der Waals surface area contributed by atoms with Crippen molar-refractivity contribution in [2.45, 2.75) is 62.0 Å². The quantitative estimate of drug-likeness (QED) is 0.554. The van der Waals surface area contributed by atoms with Crippen LogP contribution in [-0.2, 0) is 15.2 Å². The number of alkyl halides is 3. The van der Waals surface area contributed by atoms with E-state index in [-0.39, 0.29) is 16.2 Å². The third-order valence-electron chi connectivity index (χ3n) is 5.99. The number of thioether (sulfide) groups is 1. The van der Waals surface area contributed by atoms with Crippen molar-refractivity contribution in [3.8, 4) is 5.75 Å². The number of aromatic nitrogens is 2. The summed E-state index contributed by atoms with van der Waals surface area (Å²) < 4.78 is 66.9. The molecule has 1 aromatic heterocycles. The van der Waals surface area contributed by atoms with Gasteiger partial charge in [0.05, 0.1) is 24.0 Å². The molecule has 4 rings (SSSR count). The predicted molar refractivity (Wildman–Crippen MR) is 116 cm³/mol. The maximum absolute atomic E-state index is 14.6. The Kier molecular flexibility index (Phi) is 7.80. The molecule has 1 aliphatic carbocycles. The molecule has 0 amide bonds. The molecule has 2 aliphatic rings. The summed E-state index contributed by atoms with van der Waals surface area (Å²) in [7, 11) is 0. The summed E-state index contributed by atoms with van der Waals surface area (Å²) in [5, 5.41) is 0.0249. The van der Waals surface area contributed by atoms with Crippen LogP contribution in [0.1, 0.15) is 44.3 Å². The van der Waals surface area contributed by atoms with Crippen molar-refractivity contribution < 1.29 is 31.8 Å². The summed E-state index contributed by atoms with van der Waals surface area (Å²) >= 11 is 1.52. The number of hydrogen-bond donors (Lipinski definition) is 1. The smallest absolute Gasteiger partial charge is 0.493 e. The lowest BCUT2D eigenvalue weighted by Crippen LogP contribution is -2.29. The lowest BCUT2D eigenvalue weighted by atomic mass is 9.97. The van der Waals surface area contributed by atoms with Gasteiger partial charge in [-0.3, -0.25) is 9.53 Å². The monoisotopic (exact) mass is 490 g/mol. The second kappa shape index (κ2) is 10.6. The molecule has 2 aromatic rings. The highest BCUT2D eigenvalue weighted by Gasteiger charge is 2.35. The van der Waals surface area contributed by atoms with E-state index in [1.165, 1.54) is 17.8 Å². The van der Waals surface area contributed by atoms with Crippen molar-refractivity contribution in [3.63, 3.8) is 0 Å². The van der Waals surface area contributed by atoms with Gasteiger partial charge in [-0.25, -0.2) is 9.37 Å². The number of hydrogen-bond acceptors (Lipinski definition) is 6. The number of benzene rings is 1. The molecule has 1 saturated heterocycles. The molecule has 0 spiro atoms. The predicted octanol–water partition coefficient (Wildman–Crippen LogP) is 4.95. The molecule has 1 saturated carbocycles. The van der Waals surface area contributed by atoms with Crippen LogP contribution in [0.2, 0.25) is 0 Å². The van der Waals surface area contributed by atoms with Crippen LogP contribution in [0.15, 0.2) is 16.9 Å². The van der Waals surface area contributed by atoms with Crippen molar-refractivity contribution in [2.24, 2.45) is 5.92 Å². The van der Waals surface area contributed by atoms with E-state index in [0.717, 1.165) is 12.8 Å². The standard InChI is InChI=1S/C22H26F4N2O4S/c23-17-9-15(31-11-13-5-7-30-8-6-13)10-18-20(17)21(29)28-19(27-18)12-33-16-3-1-14(2-4-16)32-22(24,25)26/h9-10,13-14,16H,1-8,11-12H2,(H,27,28,29)/t14-,16-. The van der Waals surface area contributed by atoms with Gasteiger partial charge in [0.1, 0.15) is 22.8 Å². The molecule has 0 radical (unpaired) electrons. The van der Waals surface area contributed by atoms with Crippen molar-refractivity contribution >= 4 is 22.7 Å². The first kappa shape index (κ1) is 24.3. The Morgan fingerprint density at radius 1 is 1.12 bits per heavy atom. The van der Waals surface area contributed by atoms with Crippen LogP contribution in [0, 0.1) is 11.7 Å². The molecule has 182 valence electrons. The van der Waals surface area contributed by atoms with Crippen molar-refractivity contribution in [3.05, 3.63) is 34.1 Å². The Balaban J connectivity index is 1.37. The lowest BCUT2D eigenvalue weighted by molar-refractivity contribution is -0.345. The molecular weight excluding hydrogens is 464 g/mol. The Morgan fingerprint density at radius 3 is 2.55 bits per heavy atom. The average Bonchev–Trinajstić information content (AvgIpc) is 2.76. The topological polar surface area (TPSA) is 73.4 Å². The fourth-order valence-corrected chi connectivity index (χ4v) is 5.37. The number of aromatic amines is 1. The molecule has 0 atom stereocenters. The second-order valence-electron chi connectivity index (χ2n) is 8.45. The zero-order valence-corrected chi connectivity index (χ0v) is 18.8. The van der Waals surface area contributed by atoms with E-state index >= 15 is 0 Å². The van der Waals surface area contributed by atoms with Gasteiger partial charge >= 0.3 is 6.36 Å². The molecule has 33 heavy (non-hydrogen) atoms. The minimum absolute atomic E-state index is 0.119. The minimum Gasteiger partial charge on any atom is -0.493 e. The summed E-state index contributed by atoms with van der Waals surface area (Å²) in [6, 6.07) is 2.77. The fourth-order valence-electron chi connectivity index (χ4n) is 4.23. The third kappa shape index (κ3) is 6.83. The van der Waals surface area contributed by atoms with Gasteiger partial charge in [-0.2, -0.15) is 11.8 Å². The lowest BCUT2D eigenvalue weighted by Gasteiger charge is -2.28. The first-order chi connectivity index (χ1) is 15.8. The number of nitrogens with one attached hydrogen (secondary N) is 1. The number of H-pyrrole nitrogens is 1. The normalized spacial score (nSPS) is 22.5. The van der Waals surface area contributed by atoms with E-state index in [9.17, 15) is 22.4 Å². The van der Waals surface area contributed by atoms with E-state index in [2.05, 4.69) is 14.7 Å². The zero-order valence-electron chi connectivity index (χ0n) is 18.0. The third-order valence-corrected chi connectivity index (χ3v) is 7.37. The summed E-state index contributed by atoms with van der Waals surface area (Å²) in [4.78, 5) is 19.5. The molecule has 0 bridgehead atoms. The highest BCUT2D eigenvalue weighted by atomic mass is 32.2. The number of rotatable bonds is 7. The highest BCUT2D eigenvalue weighted by molar-refractivity contribution is 7.99. The minimum atomic E-state index is -4.61. The van der Waals surface area contributed by atoms with E-state index in [1.54, 1.807) is 6.07 Å². The molecule has 1 aromatic carbocycles. The van der Waals surface area contributed by atoms with E-state index in [0.29, 0.717) is 68.7 Å². The van der Waals surface area contributed by atoms with Gasteiger partial charge in [0.25, 0.3) is 5.56 Å². The van der Waals surface area contributed by atoms with Crippen LogP contribution in [0.4, 0.5) is 17.6 Å². The van der Waals surface area contributed by atoms with Gasteiger partial charge in [-0.05, 0) is 44.4 Å². The molecule has 11 heteroatoms. The molecule has 1 aliphatic heterocycles. The van der Waals surface area contributed by atoms with Crippen molar-refractivity contribution in [1.82, 2.24) is 9.97 Å². The zero-order chi connectivity index (χ0) is 23.4. The van der Waals surface area contributed by atoms with Crippen LogP contribution in [0.25, 0.3) is 10.9 Å². The van der Waals surface area contributed by atoms with E-state index < -0.39 is 23.8 Å². The van der Waals surface area contributed by atoms with Gasteiger partial charge in [0.2, 0.25) is 0 Å². The van der Waals surface area contributed by atoms with Crippen LogP contribution in [0.3, 0.4) is 0 Å². The molecule has 1 N–H and O–H groups in total. The SMILES string of the molecule is O=c1[nH]c(CS[C@H]2CC[C@H](OC(F)(F)F)CC2)nc2cc(OCC3CCOCC3)cc(F)c12. The van der Waals surface area contributed by atoms with Crippen molar-refractivity contribution in [2.75, 3.05) is 19.8 Å². The molecule has 0 unspecified atom stereocenters. The number of fused-ring (bicyclic) bond motifs is 1. The Labute approximate surface area is 192 Å². The molecule has 6 nitrogen and oxygen atoms in total. The second-order valence-corrected chi connectivity index (χ2v) is 9.74. The van der Waals surface area contributed by atoms with Crippen LogP contribution < -0.4 is 10.3 Å². The molecular formula is C22H26F4N2O4S. The van der Waals surface area contributed by atoms with Gasteiger partial charge in [0, 0.05) is 30.6 Å². The van der Waals surface area contributed by atoms with E-state index in [1.807, 2.05) is 0 Å². The Morgan fingerprint density at radius 2 is 1.85 bits per heavy atom. The van der Waals surface area contributed by atoms with Gasteiger partial charge < -0.3 is 14.5 Å². The Hall–Kier alpha value is -1.85. The number of halogens is 4. The molecule has 2 heterocycles. The maximum Gasteiger partial charge on any atom is 0.522 e.